The van der Waals surface area contributed by atoms with E-state index < -0.39 is 0 Å². The maximum absolute atomic E-state index is 5.05. The van der Waals surface area contributed by atoms with E-state index in [9.17, 15) is 0 Å². The predicted molar refractivity (Wildman–Crippen MR) is 78.4 cm³/mol. The van der Waals surface area contributed by atoms with E-state index in [-0.39, 0.29) is 5.41 Å². The number of benzene rings is 1. The number of ether oxygens (including phenoxy) is 1. The topological polar surface area (TPSA) is 21.3 Å². The highest BCUT2D eigenvalue weighted by atomic mass is 32.2. The van der Waals surface area contributed by atoms with Crippen molar-refractivity contribution in [2.24, 2.45) is 0 Å². The highest BCUT2D eigenvalue weighted by Gasteiger charge is 2.22. The van der Waals surface area contributed by atoms with Crippen LogP contribution in [0.1, 0.15) is 31.4 Å². The zero-order chi connectivity index (χ0) is 13.0. The Bertz CT molecular complexity index is 403. The Balaban J connectivity index is 2.11. The van der Waals surface area contributed by atoms with Gasteiger partial charge in [-0.25, -0.2) is 0 Å². The largest absolute Gasteiger partial charge is 0.370 e. The molecule has 0 amide bonds. The summed E-state index contributed by atoms with van der Waals surface area (Å²) in [5, 5.41) is 3.33. The molecule has 0 saturated carbocycles. The third-order valence-electron chi connectivity index (χ3n) is 3.50. The second-order valence-electron chi connectivity index (χ2n) is 5.52. The van der Waals surface area contributed by atoms with Gasteiger partial charge >= 0.3 is 0 Å². The van der Waals surface area contributed by atoms with E-state index in [2.05, 4.69) is 37.4 Å². The van der Waals surface area contributed by atoms with Gasteiger partial charge in [0.2, 0.25) is 0 Å². The van der Waals surface area contributed by atoms with Gasteiger partial charge in [-0.3, -0.25) is 5.32 Å². The lowest BCUT2D eigenvalue weighted by Crippen LogP contribution is -2.34. The molecule has 1 heterocycles. The third-order valence-corrected chi connectivity index (χ3v) is 4.71. The number of hydrogen-bond donors (Lipinski definition) is 1. The summed E-state index contributed by atoms with van der Waals surface area (Å²) in [6.07, 6.45) is 2.54. The molecular formula is C15H23NOS. The van der Waals surface area contributed by atoms with Gasteiger partial charge in [0.1, 0.15) is 0 Å². The van der Waals surface area contributed by atoms with Crippen LogP contribution < -0.4 is 5.32 Å². The number of rotatable bonds is 5. The van der Waals surface area contributed by atoms with Crippen molar-refractivity contribution in [3.8, 4) is 0 Å². The minimum absolute atomic E-state index is 0.148. The van der Waals surface area contributed by atoms with Gasteiger partial charge in [0, 0.05) is 24.0 Å². The minimum Gasteiger partial charge on any atom is -0.370 e. The third kappa shape index (κ3) is 3.28. The molecular weight excluding hydrogens is 242 g/mol. The fourth-order valence-electron chi connectivity index (χ4n) is 2.35. The Morgan fingerprint density at radius 1 is 1.39 bits per heavy atom. The summed E-state index contributed by atoms with van der Waals surface area (Å²) in [5.41, 5.74) is 3.10. The van der Waals surface area contributed by atoms with Crippen LogP contribution in [0.4, 0.5) is 0 Å². The molecule has 1 aliphatic heterocycles. The van der Waals surface area contributed by atoms with E-state index in [4.69, 9.17) is 4.74 Å². The molecule has 1 aromatic rings. The first-order chi connectivity index (χ1) is 8.63. The van der Waals surface area contributed by atoms with Crippen molar-refractivity contribution < 1.29 is 4.74 Å². The lowest BCUT2D eigenvalue weighted by molar-refractivity contribution is 0.169. The quantitative estimate of drug-likeness (QED) is 0.652. The monoisotopic (exact) mass is 265 g/mol. The molecule has 0 saturated heterocycles. The van der Waals surface area contributed by atoms with Gasteiger partial charge in [-0.05, 0) is 35.8 Å². The molecule has 0 aromatic heterocycles. The number of nitrogens with one attached hydrogen (secondary N) is 1. The zero-order valence-electron chi connectivity index (χ0n) is 11.6. The molecule has 0 aliphatic carbocycles. The van der Waals surface area contributed by atoms with E-state index in [1.807, 2.05) is 11.8 Å². The highest BCUT2D eigenvalue weighted by molar-refractivity contribution is 7.99. The summed E-state index contributed by atoms with van der Waals surface area (Å²) in [6, 6.07) is 6.98. The van der Waals surface area contributed by atoms with Gasteiger partial charge in [-0.1, -0.05) is 26.0 Å². The van der Waals surface area contributed by atoms with Crippen LogP contribution in [0, 0.1) is 0 Å². The van der Waals surface area contributed by atoms with Crippen LogP contribution in [0.15, 0.2) is 23.1 Å². The molecule has 1 N–H and O–H groups in total. The van der Waals surface area contributed by atoms with E-state index in [0.29, 0.717) is 6.73 Å². The minimum atomic E-state index is 0.148. The second kappa shape index (κ2) is 6.09. The number of hydrogen-bond acceptors (Lipinski definition) is 3. The molecule has 1 aliphatic rings. The fourth-order valence-corrected chi connectivity index (χ4v) is 3.37. The first-order valence-corrected chi connectivity index (χ1v) is 7.58. The fraction of sp³-hybridized carbons (Fsp3) is 0.600. The Hall–Kier alpha value is -0.510. The number of thioether (sulfide) groups is 1. The molecule has 3 heteroatoms. The van der Waals surface area contributed by atoms with Gasteiger partial charge in [0.15, 0.2) is 0 Å². The SMILES string of the molecule is COCNCC(C)(C)c1ccc2c(c1)CCCS2. The molecule has 0 fully saturated rings. The molecule has 18 heavy (non-hydrogen) atoms. The molecule has 0 spiro atoms. The highest BCUT2D eigenvalue weighted by Crippen LogP contribution is 2.33. The van der Waals surface area contributed by atoms with Crippen LogP contribution in [0.3, 0.4) is 0 Å². The summed E-state index contributed by atoms with van der Waals surface area (Å²) in [6.45, 7) is 6.12. The molecule has 0 unspecified atom stereocenters. The van der Waals surface area contributed by atoms with Gasteiger partial charge in [-0.2, -0.15) is 0 Å². The summed E-state index contributed by atoms with van der Waals surface area (Å²) in [7, 11) is 1.72. The van der Waals surface area contributed by atoms with Crippen molar-refractivity contribution in [2.75, 3.05) is 26.1 Å². The van der Waals surface area contributed by atoms with Crippen LogP contribution in [0.2, 0.25) is 0 Å². The Kier molecular flexibility index (Phi) is 4.71. The molecule has 0 radical (unpaired) electrons. The molecule has 0 atom stereocenters. The Labute approximate surface area is 114 Å². The standard InChI is InChI=1S/C15H23NOS/c1-15(2,10-16-11-17-3)13-6-7-14-12(9-13)5-4-8-18-14/h6-7,9,16H,4-5,8,10-11H2,1-3H3. The van der Waals surface area contributed by atoms with Crippen molar-refractivity contribution in [3.05, 3.63) is 29.3 Å². The van der Waals surface area contributed by atoms with E-state index >= 15 is 0 Å². The van der Waals surface area contributed by atoms with Crippen LogP contribution in [0.25, 0.3) is 0 Å². The molecule has 0 bridgehead atoms. The van der Waals surface area contributed by atoms with E-state index in [0.717, 1.165) is 6.54 Å². The molecule has 2 rings (SSSR count). The second-order valence-corrected chi connectivity index (χ2v) is 6.65. The average molecular weight is 265 g/mol. The van der Waals surface area contributed by atoms with Crippen molar-refractivity contribution in [1.29, 1.82) is 0 Å². The number of aryl methyl sites for hydroxylation is 1. The zero-order valence-corrected chi connectivity index (χ0v) is 12.4. The summed E-state index contributed by atoms with van der Waals surface area (Å²) in [4.78, 5) is 1.48. The molecule has 2 nitrogen and oxygen atoms in total. The van der Waals surface area contributed by atoms with Gasteiger partial charge < -0.3 is 4.74 Å². The summed E-state index contributed by atoms with van der Waals surface area (Å²) >= 11 is 1.99. The van der Waals surface area contributed by atoms with E-state index in [1.54, 1.807) is 7.11 Å². The molecule has 100 valence electrons. The average Bonchev–Trinajstić information content (AvgIpc) is 2.38. The lowest BCUT2D eigenvalue weighted by Gasteiger charge is -2.27. The predicted octanol–water partition coefficient (Wildman–Crippen LogP) is 3.20. The van der Waals surface area contributed by atoms with Crippen LogP contribution in [0.5, 0.6) is 0 Å². The lowest BCUT2D eigenvalue weighted by atomic mass is 9.83. The normalized spacial score (nSPS) is 15.5. The van der Waals surface area contributed by atoms with E-state index in [1.165, 1.54) is 34.6 Å². The summed E-state index contributed by atoms with van der Waals surface area (Å²) < 4.78 is 5.05. The maximum Gasteiger partial charge on any atom is 0.0961 e. The van der Waals surface area contributed by atoms with Crippen LogP contribution in [-0.2, 0) is 16.6 Å². The first kappa shape index (κ1) is 13.9. The Morgan fingerprint density at radius 3 is 3.00 bits per heavy atom. The molecule has 1 aromatic carbocycles. The van der Waals surface area contributed by atoms with Crippen molar-refractivity contribution in [1.82, 2.24) is 5.32 Å². The Morgan fingerprint density at radius 2 is 2.22 bits per heavy atom. The van der Waals surface area contributed by atoms with Crippen molar-refractivity contribution >= 4 is 11.8 Å². The van der Waals surface area contributed by atoms with Crippen molar-refractivity contribution in [2.45, 2.75) is 37.0 Å². The van der Waals surface area contributed by atoms with Gasteiger partial charge in [-0.15, -0.1) is 11.8 Å². The first-order valence-electron chi connectivity index (χ1n) is 6.59. The van der Waals surface area contributed by atoms with Gasteiger partial charge in [0.05, 0.1) is 6.73 Å². The van der Waals surface area contributed by atoms with Crippen molar-refractivity contribution in [3.63, 3.8) is 0 Å². The van der Waals surface area contributed by atoms with Crippen LogP contribution in [-0.4, -0.2) is 26.1 Å². The smallest absolute Gasteiger partial charge is 0.0961 e. The number of fused-ring (bicyclic) bond motifs is 1. The van der Waals surface area contributed by atoms with Crippen LogP contribution >= 0.6 is 11.8 Å². The maximum atomic E-state index is 5.05. The number of methoxy groups -OCH3 is 1. The van der Waals surface area contributed by atoms with Gasteiger partial charge in [0.25, 0.3) is 0 Å². The summed E-state index contributed by atoms with van der Waals surface area (Å²) in [5.74, 6) is 1.27.